The van der Waals surface area contributed by atoms with Crippen LogP contribution in [-0.4, -0.2) is 16.0 Å². The van der Waals surface area contributed by atoms with Gasteiger partial charge in [0.25, 0.3) is 0 Å². The first-order valence-corrected chi connectivity index (χ1v) is 7.63. The summed E-state index contributed by atoms with van der Waals surface area (Å²) in [6.07, 6.45) is 0. The van der Waals surface area contributed by atoms with Gasteiger partial charge in [-0.1, -0.05) is 34.5 Å². The number of pyridine rings is 1. The van der Waals surface area contributed by atoms with Gasteiger partial charge in [0.2, 0.25) is 0 Å². The van der Waals surface area contributed by atoms with Crippen molar-refractivity contribution in [3.05, 3.63) is 58.3 Å². The van der Waals surface area contributed by atoms with Gasteiger partial charge in [0.1, 0.15) is 5.03 Å². The Labute approximate surface area is 129 Å². The van der Waals surface area contributed by atoms with Crippen LogP contribution in [0.3, 0.4) is 0 Å². The quantitative estimate of drug-likeness (QED) is 0.298. The molecule has 1 aromatic carbocycles. The number of nitrogens with zero attached hydrogens (tertiary/aromatic N) is 2. The fraction of sp³-hybridized carbons (Fsp3) is 0.250. The molecule has 0 atom stereocenters. The number of amidine groups is 1. The van der Waals surface area contributed by atoms with E-state index in [1.54, 1.807) is 11.8 Å². The fourth-order valence-corrected chi connectivity index (χ4v) is 3.20. The smallest absolute Gasteiger partial charge is 0.172 e. The number of hydrogen-bond donors (Lipinski definition) is 2. The van der Waals surface area contributed by atoms with Gasteiger partial charge in [-0.05, 0) is 38.5 Å². The van der Waals surface area contributed by atoms with Crippen LogP contribution in [0.15, 0.2) is 40.5 Å². The van der Waals surface area contributed by atoms with Crippen molar-refractivity contribution in [2.45, 2.75) is 31.6 Å². The normalized spacial score (nSPS) is 11.7. The molecule has 0 unspecified atom stereocenters. The highest BCUT2D eigenvalue weighted by molar-refractivity contribution is 7.98. The molecule has 0 saturated carbocycles. The minimum absolute atomic E-state index is 0.0884. The Morgan fingerprint density at radius 3 is 2.48 bits per heavy atom. The van der Waals surface area contributed by atoms with E-state index in [1.807, 2.05) is 19.1 Å². The molecule has 0 amide bonds. The van der Waals surface area contributed by atoms with Gasteiger partial charge in [0, 0.05) is 11.4 Å². The molecule has 0 fully saturated rings. The van der Waals surface area contributed by atoms with Gasteiger partial charge in [0.15, 0.2) is 5.84 Å². The molecule has 5 heteroatoms. The zero-order valence-corrected chi connectivity index (χ0v) is 13.2. The van der Waals surface area contributed by atoms with E-state index >= 15 is 0 Å². The van der Waals surface area contributed by atoms with E-state index in [2.05, 4.69) is 42.2 Å². The molecule has 0 saturated heterocycles. The molecule has 4 nitrogen and oxygen atoms in total. The molecule has 0 aliphatic heterocycles. The fourth-order valence-electron chi connectivity index (χ4n) is 2.20. The second kappa shape index (κ2) is 6.63. The summed E-state index contributed by atoms with van der Waals surface area (Å²) < 4.78 is 0. The Bertz CT molecular complexity index is 663. The molecule has 0 spiro atoms. The third-order valence-corrected chi connectivity index (χ3v) is 4.10. The van der Waals surface area contributed by atoms with Crippen LogP contribution in [0.2, 0.25) is 0 Å². The van der Waals surface area contributed by atoms with E-state index in [9.17, 15) is 0 Å². The second-order valence-corrected chi connectivity index (χ2v) is 6.04. The van der Waals surface area contributed by atoms with Crippen LogP contribution in [0.4, 0.5) is 0 Å². The lowest BCUT2D eigenvalue weighted by Gasteiger charge is -2.09. The summed E-state index contributed by atoms with van der Waals surface area (Å²) in [5, 5.41) is 12.7. The van der Waals surface area contributed by atoms with E-state index in [1.165, 1.54) is 16.7 Å². The topological polar surface area (TPSA) is 71.5 Å². The molecule has 0 aliphatic carbocycles. The minimum atomic E-state index is 0.0884. The summed E-state index contributed by atoms with van der Waals surface area (Å²) in [6, 6.07) is 10.2. The number of rotatable bonds is 4. The number of aryl methyl sites for hydroxylation is 3. The lowest BCUT2D eigenvalue weighted by Crippen LogP contribution is -2.15. The van der Waals surface area contributed by atoms with Crippen molar-refractivity contribution in [1.82, 2.24) is 4.98 Å². The Morgan fingerprint density at radius 1 is 1.19 bits per heavy atom. The Morgan fingerprint density at radius 2 is 1.86 bits per heavy atom. The summed E-state index contributed by atoms with van der Waals surface area (Å²) in [6.45, 7) is 6.11. The molecule has 1 heterocycles. The van der Waals surface area contributed by atoms with Crippen LogP contribution in [0, 0.1) is 20.8 Å². The van der Waals surface area contributed by atoms with Crippen LogP contribution in [0.1, 0.15) is 27.9 Å². The zero-order chi connectivity index (χ0) is 15.4. The number of nitrogens with two attached hydrogens (primary N) is 1. The molecule has 0 radical (unpaired) electrons. The van der Waals surface area contributed by atoms with Gasteiger partial charge < -0.3 is 10.9 Å². The van der Waals surface area contributed by atoms with Crippen molar-refractivity contribution >= 4 is 17.6 Å². The van der Waals surface area contributed by atoms with E-state index in [-0.39, 0.29) is 5.84 Å². The third-order valence-electron chi connectivity index (χ3n) is 3.04. The van der Waals surface area contributed by atoms with Crippen molar-refractivity contribution in [2.75, 3.05) is 0 Å². The summed E-state index contributed by atoms with van der Waals surface area (Å²) in [5.41, 5.74) is 11.0. The first kappa shape index (κ1) is 15.4. The van der Waals surface area contributed by atoms with Gasteiger partial charge in [-0.15, -0.1) is 11.8 Å². The molecule has 2 aromatic rings. The monoisotopic (exact) mass is 301 g/mol. The maximum Gasteiger partial charge on any atom is 0.172 e. The lowest BCUT2D eigenvalue weighted by molar-refractivity contribution is 0.318. The summed E-state index contributed by atoms with van der Waals surface area (Å²) in [7, 11) is 0. The predicted octanol–water partition coefficient (Wildman–Crippen LogP) is 3.39. The number of thioether (sulfide) groups is 1. The number of aromatic nitrogens is 1. The number of hydrogen-bond acceptors (Lipinski definition) is 4. The first-order chi connectivity index (χ1) is 9.99. The van der Waals surface area contributed by atoms with Crippen LogP contribution < -0.4 is 5.73 Å². The maximum atomic E-state index is 8.87. The summed E-state index contributed by atoms with van der Waals surface area (Å²) in [5.74, 6) is 0.885. The average molecular weight is 301 g/mol. The maximum absolute atomic E-state index is 8.87. The van der Waals surface area contributed by atoms with E-state index < -0.39 is 0 Å². The molecular weight excluding hydrogens is 282 g/mol. The van der Waals surface area contributed by atoms with E-state index in [0.717, 1.165) is 16.5 Å². The molecule has 21 heavy (non-hydrogen) atoms. The number of oxime groups is 1. The Balaban J connectivity index is 2.25. The highest BCUT2D eigenvalue weighted by Gasteiger charge is 2.10. The van der Waals surface area contributed by atoms with Crippen LogP contribution in [0.5, 0.6) is 0 Å². The average Bonchev–Trinajstić information content (AvgIpc) is 2.43. The Kier molecular flexibility index (Phi) is 4.85. The summed E-state index contributed by atoms with van der Waals surface area (Å²) >= 11 is 1.59. The van der Waals surface area contributed by atoms with E-state index in [0.29, 0.717) is 5.56 Å². The second-order valence-electron chi connectivity index (χ2n) is 5.08. The van der Waals surface area contributed by atoms with Gasteiger partial charge in [-0.2, -0.15) is 0 Å². The van der Waals surface area contributed by atoms with E-state index in [4.69, 9.17) is 10.9 Å². The van der Waals surface area contributed by atoms with Gasteiger partial charge >= 0.3 is 0 Å². The highest BCUT2D eigenvalue weighted by atomic mass is 32.2. The first-order valence-electron chi connectivity index (χ1n) is 6.65. The van der Waals surface area contributed by atoms with Crippen molar-refractivity contribution in [2.24, 2.45) is 10.9 Å². The largest absolute Gasteiger partial charge is 0.409 e. The minimum Gasteiger partial charge on any atom is -0.409 e. The molecular formula is C16H19N3OS. The third kappa shape index (κ3) is 3.98. The Hall–Kier alpha value is -2.01. The standard InChI is InChI=1S/C16H19N3OS/c1-10-6-11(2)8-13(7-10)9-21-16-14(15(17)19-20)5-4-12(3)18-16/h4-8,20H,9H2,1-3H3,(H2,17,19). The highest BCUT2D eigenvalue weighted by Crippen LogP contribution is 2.25. The van der Waals surface area contributed by atoms with Crippen molar-refractivity contribution in [3.8, 4) is 0 Å². The molecule has 1 aromatic heterocycles. The van der Waals surface area contributed by atoms with Crippen LogP contribution >= 0.6 is 11.8 Å². The van der Waals surface area contributed by atoms with Crippen molar-refractivity contribution in [3.63, 3.8) is 0 Å². The molecule has 0 bridgehead atoms. The van der Waals surface area contributed by atoms with Crippen LogP contribution in [-0.2, 0) is 5.75 Å². The van der Waals surface area contributed by atoms with Crippen LogP contribution in [0.25, 0.3) is 0 Å². The SMILES string of the molecule is Cc1cc(C)cc(CSc2nc(C)ccc2/C(N)=N/O)c1. The molecule has 2 rings (SSSR count). The molecule has 3 N–H and O–H groups in total. The van der Waals surface area contributed by atoms with Crippen molar-refractivity contribution in [1.29, 1.82) is 0 Å². The number of benzene rings is 1. The van der Waals surface area contributed by atoms with Gasteiger partial charge in [-0.3, -0.25) is 0 Å². The molecule has 0 aliphatic rings. The van der Waals surface area contributed by atoms with Gasteiger partial charge in [0.05, 0.1) is 5.56 Å². The molecule has 110 valence electrons. The zero-order valence-electron chi connectivity index (χ0n) is 12.4. The predicted molar refractivity (Wildman–Crippen MR) is 87.0 cm³/mol. The lowest BCUT2D eigenvalue weighted by atomic mass is 10.1. The summed E-state index contributed by atoms with van der Waals surface area (Å²) in [4.78, 5) is 4.49. The van der Waals surface area contributed by atoms with Gasteiger partial charge in [-0.25, -0.2) is 4.98 Å². The van der Waals surface area contributed by atoms with Crippen molar-refractivity contribution < 1.29 is 5.21 Å².